The molecule has 2 heteroatoms. The number of rotatable bonds is 7. The highest BCUT2D eigenvalue weighted by atomic mass is 16.5. The van der Waals surface area contributed by atoms with E-state index in [1.54, 1.807) is 0 Å². The molecule has 1 unspecified atom stereocenters. The molecule has 3 rings (SSSR count). The van der Waals surface area contributed by atoms with Crippen molar-refractivity contribution in [1.82, 2.24) is 0 Å². The quantitative estimate of drug-likeness (QED) is 0.476. The summed E-state index contributed by atoms with van der Waals surface area (Å²) in [5.41, 5.74) is 3.40. The number of carbonyl (C=O) groups is 1. The molecule has 0 saturated heterocycles. The van der Waals surface area contributed by atoms with Gasteiger partial charge in [-0.25, -0.2) is 4.79 Å². The van der Waals surface area contributed by atoms with Crippen LogP contribution in [0, 0.1) is 11.8 Å². The molecule has 1 aromatic carbocycles. The first-order chi connectivity index (χ1) is 13.2. The summed E-state index contributed by atoms with van der Waals surface area (Å²) in [5, 5.41) is 0. The zero-order chi connectivity index (χ0) is 19.1. The summed E-state index contributed by atoms with van der Waals surface area (Å²) >= 11 is 0. The van der Waals surface area contributed by atoms with Crippen molar-refractivity contribution in [3.8, 4) is 0 Å². The predicted octanol–water partition coefficient (Wildman–Crippen LogP) is 7.19. The number of esters is 1. The zero-order valence-corrected chi connectivity index (χ0v) is 17.2. The van der Waals surface area contributed by atoms with E-state index in [1.165, 1.54) is 62.5 Å². The van der Waals surface area contributed by atoms with E-state index < -0.39 is 0 Å². The van der Waals surface area contributed by atoms with Gasteiger partial charge in [0, 0.05) is 0 Å². The number of hydrogen-bond donors (Lipinski definition) is 0. The van der Waals surface area contributed by atoms with Crippen LogP contribution in [-0.2, 0) is 4.74 Å². The first-order valence-corrected chi connectivity index (χ1v) is 11.2. The van der Waals surface area contributed by atoms with Gasteiger partial charge >= 0.3 is 5.97 Å². The Labute approximate surface area is 165 Å². The van der Waals surface area contributed by atoms with E-state index in [0.717, 1.165) is 31.1 Å². The first kappa shape index (κ1) is 20.2. The van der Waals surface area contributed by atoms with E-state index in [1.807, 2.05) is 12.1 Å². The highest BCUT2D eigenvalue weighted by molar-refractivity contribution is 5.90. The molecular weight excluding hydrogens is 332 g/mol. The van der Waals surface area contributed by atoms with E-state index in [2.05, 4.69) is 32.1 Å². The van der Waals surface area contributed by atoms with Crippen LogP contribution in [0.2, 0.25) is 0 Å². The molecule has 0 heterocycles. The van der Waals surface area contributed by atoms with Crippen LogP contribution in [0.25, 0.3) is 5.57 Å². The van der Waals surface area contributed by atoms with Gasteiger partial charge in [-0.1, -0.05) is 57.7 Å². The second-order valence-corrected chi connectivity index (χ2v) is 8.57. The summed E-state index contributed by atoms with van der Waals surface area (Å²) in [7, 11) is 0. The third-order valence-electron chi connectivity index (χ3n) is 6.47. The minimum Gasteiger partial charge on any atom is -0.459 e. The van der Waals surface area contributed by atoms with Crippen molar-refractivity contribution >= 4 is 11.5 Å². The standard InChI is InChI=1S/C25H36O2/c1-3-5-19-7-11-21(12-8-19)22-13-15-23(16-14-22)25(26)27-24-17-9-20(6-4-2)10-18-24/h11,13-16,19-20,24H,3-10,12,17-18H2,1-2H3/t19?,20-,24-. The van der Waals surface area contributed by atoms with Gasteiger partial charge < -0.3 is 4.74 Å². The van der Waals surface area contributed by atoms with Crippen LogP contribution in [0.15, 0.2) is 30.3 Å². The summed E-state index contributed by atoms with van der Waals surface area (Å²) in [5.74, 6) is 1.55. The summed E-state index contributed by atoms with van der Waals surface area (Å²) in [6.07, 6.45) is 15.9. The first-order valence-electron chi connectivity index (χ1n) is 11.2. The topological polar surface area (TPSA) is 26.3 Å². The van der Waals surface area contributed by atoms with E-state index in [4.69, 9.17) is 4.74 Å². The van der Waals surface area contributed by atoms with Gasteiger partial charge in [-0.15, -0.1) is 0 Å². The molecule has 0 aromatic heterocycles. The molecule has 1 atom stereocenters. The molecule has 0 bridgehead atoms. The Morgan fingerprint density at radius 3 is 2.19 bits per heavy atom. The van der Waals surface area contributed by atoms with Gasteiger partial charge in [0.1, 0.15) is 6.10 Å². The van der Waals surface area contributed by atoms with E-state index in [0.29, 0.717) is 5.56 Å². The number of carbonyl (C=O) groups excluding carboxylic acids is 1. The molecular formula is C25H36O2. The molecule has 0 amide bonds. The van der Waals surface area contributed by atoms with Crippen molar-refractivity contribution < 1.29 is 9.53 Å². The Morgan fingerprint density at radius 2 is 1.59 bits per heavy atom. The lowest BCUT2D eigenvalue weighted by Gasteiger charge is -2.28. The van der Waals surface area contributed by atoms with Gasteiger partial charge in [0.25, 0.3) is 0 Å². The lowest BCUT2D eigenvalue weighted by molar-refractivity contribution is 0.0161. The molecule has 1 aromatic rings. The Balaban J connectivity index is 1.51. The van der Waals surface area contributed by atoms with Gasteiger partial charge in [-0.3, -0.25) is 0 Å². The maximum absolute atomic E-state index is 12.5. The molecule has 0 N–H and O–H groups in total. The van der Waals surface area contributed by atoms with Gasteiger partial charge in [0.15, 0.2) is 0 Å². The second-order valence-electron chi connectivity index (χ2n) is 8.57. The van der Waals surface area contributed by atoms with Crippen molar-refractivity contribution in [2.75, 3.05) is 0 Å². The minimum absolute atomic E-state index is 0.113. The fourth-order valence-electron chi connectivity index (χ4n) is 4.81. The smallest absolute Gasteiger partial charge is 0.338 e. The van der Waals surface area contributed by atoms with Crippen LogP contribution in [0.5, 0.6) is 0 Å². The van der Waals surface area contributed by atoms with Crippen LogP contribution in [0.3, 0.4) is 0 Å². The summed E-state index contributed by atoms with van der Waals surface area (Å²) in [6, 6.07) is 8.08. The Bertz CT molecular complexity index is 620. The third kappa shape index (κ3) is 5.70. The number of hydrogen-bond acceptors (Lipinski definition) is 2. The van der Waals surface area contributed by atoms with Gasteiger partial charge in [0.05, 0.1) is 5.56 Å². The minimum atomic E-state index is -0.152. The average Bonchev–Trinajstić information content (AvgIpc) is 2.71. The lowest BCUT2D eigenvalue weighted by Crippen LogP contribution is -2.24. The molecule has 2 aliphatic rings. The second kappa shape index (κ2) is 10.1. The summed E-state index contributed by atoms with van der Waals surface area (Å²) in [4.78, 5) is 12.5. The molecule has 2 nitrogen and oxygen atoms in total. The molecule has 27 heavy (non-hydrogen) atoms. The number of ether oxygens (including phenoxy) is 1. The largest absolute Gasteiger partial charge is 0.459 e. The molecule has 1 fully saturated rings. The summed E-state index contributed by atoms with van der Waals surface area (Å²) < 4.78 is 5.78. The van der Waals surface area contributed by atoms with Crippen LogP contribution in [0.4, 0.5) is 0 Å². The number of benzene rings is 1. The van der Waals surface area contributed by atoms with Crippen molar-refractivity contribution in [2.24, 2.45) is 11.8 Å². The van der Waals surface area contributed by atoms with Crippen LogP contribution < -0.4 is 0 Å². The normalized spacial score (nSPS) is 25.7. The van der Waals surface area contributed by atoms with E-state index in [-0.39, 0.29) is 12.1 Å². The zero-order valence-electron chi connectivity index (χ0n) is 17.2. The molecule has 0 aliphatic heterocycles. The van der Waals surface area contributed by atoms with Crippen LogP contribution in [0.1, 0.15) is 100 Å². The van der Waals surface area contributed by atoms with Crippen molar-refractivity contribution in [3.05, 3.63) is 41.5 Å². The average molecular weight is 369 g/mol. The predicted molar refractivity (Wildman–Crippen MR) is 113 cm³/mol. The summed E-state index contributed by atoms with van der Waals surface area (Å²) in [6.45, 7) is 4.52. The highest BCUT2D eigenvalue weighted by Gasteiger charge is 2.24. The molecule has 2 aliphatic carbocycles. The molecule has 148 valence electrons. The monoisotopic (exact) mass is 368 g/mol. The van der Waals surface area contributed by atoms with E-state index >= 15 is 0 Å². The van der Waals surface area contributed by atoms with Gasteiger partial charge in [-0.05, 0) is 80.1 Å². The Morgan fingerprint density at radius 1 is 0.926 bits per heavy atom. The van der Waals surface area contributed by atoms with Crippen molar-refractivity contribution in [1.29, 1.82) is 0 Å². The lowest BCUT2D eigenvalue weighted by atomic mass is 9.84. The Kier molecular flexibility index (Phi) is 7.55. The SMILES string of the molecule is CCCC1CC=C(c2ccc(C(=O)O[C@H]3CC[C@H](CCC)CC3)cc2)CC1. The maximum atomic E-state index is 12.5. The third-order valence-corrected chi connectivity index (χ3v) is 6.47. The number of allylic oxidation sites excluding steroid dienone is 2. The molecule has 0 radical (unpaired) electrons. The van der Waals surface area contributed by atoms with Crippen molar-refractivity contribution in [2.45, 2.75) is 90.6 Å². The molecule has 0 spiro atoms. The van der Waals surface area contributed by atoms with Crippen molar-refractivity contribution in [3.63, 3.8) is 0 Å². The maximum Gasteiger partial charge on any atom is 0.338 e. The Hall–Kier alpha value is -1.57. The van der Waals surface area contributed by atoms with Crippen LogP contribution >= 0.6 is 0 Å². The van der Waals surface area contributed by atoms with Gasteiger partial charge in [-0.2, -0.15) is 0 Å². The fraction of sp³-hybridized carbons (Fsp3) is 0.640. The highest BCUT2D eigenvalue weighted by Crippen LogP contribution is 2.33. The van der Waals surface area contributed by atoms with E-state index in [9.17, 15) is 4.79 Å². The fourth-order valence-corrected chi connectivity index (χ4v) is 4.81. The van der Waals surface area contributed by atoms with Gasteiger partial charge in [0.2, 0.25) is 0 Å². The molecule has 1 saturated carbocycles. The van der Waals surface area contributed by atoms with Crippen LogP contribution in [-0.4, -0.2) is 12.1 Å².